The molecule has 0 saturated heterocycles. The van der Waals surface area contributed by atoms with Crippen molar-refractivity contribution in [3.8, 4) is 0 Å². The molecule has 0 atom stereocenters. The summed E-state index contributed by atoms with van der Waals surface area (Å²) in [5, 5.41) is 9.25. The van der Waals surface area contributed by atoms with Gasteiger partial charge in [0.15, 0.2) is 10.9 Å². The second-order valence-electron chi connectivity index (χ2n) is 6.50. The molecule has 7 nitrogen and oxygen atoms in total. The molecule has 0 aliphatic rings. The third-order valence-electron chi connectivity index (χ3n) is 4.45. The van der Waals surface area contributed by atoms with Crippen molar-refractivity contribution in [1.29, 1.82) is 0 Å². The first-order valence-electron chi connectivity index (χ1n) is 8.67. The van der Waals surface area contributed by atoms with Crippen LogP contribution in [0.25, 0.3) is 11.0 Å². The lowest BCUT2D eigenvalue weighted by Crippen LogP contribution is -2.11. The minimum Gasteiger partial charge on any atom is -0.451 e. The Balaban J connectivity index is 1.47. The van der Waals surface area contributed by atoms with Crippen molar-refractivity contribution in [3.05, 3.63) is 76.5 Å². The Labute approximate surface area is 171 Å². The van der Waals surface area contributed by atoms with Crippen molar-refractivity contribution in [1.82, 2.24) is 4.98 Å². The largest absolute Gasteiger partial charge is 0.451 e. The van der Waals surface area contributed by atoms with E-state index in [1.54, 1.807) is 18.3 Å². The maximum atomic E-state index is 12.6. The number of furan rings is 1. The molecule has 9 heteroatoms. The van der Waals surface area contributed by atoms with E-state index < -0.39 is 10.0 Å². The van der Waals surface area contributed by atoms with Crippen LogP contribution in [0.4, 0.5) is 5.13 Å². The van der Waals surface area contributed by atoms with E-state index in [1.807, 2.05) is 31.2 Å². The molecule has 0 bridgehead atoms. The maximum Gasteiger partial charge on any atom is 0.293 e. The third kappa shape index (κ3) is 4.07. The zero-order chi connectivity index (χ0) is 20.6. The van der Waals surface area contributed by atoms with Crippen LogP contribution < -0.4 is 10.5 Å². The number of rotatable bonds is 5. The van der Waals surface area contributed by atoms with Crippen LogP contribution in [0.2, 0.25) is 0 Å². The highest BCUT2D eigenvalue weighted by molar-refractivity contribution is 7.89. The fraction of sp³-hybridized carbons (Fsp3) is 0.100. The summed E-state index contributed by atoms with van der Waals surface area (Å²) in [6, 6.07) is 13.8. The number of benzene rings is 2. The number of fused-ring (bicyclic) bond motifs is 1. The van der Waals surface area contributed by atoms with E-state index in [9.17, 15) is 13.2 Å². The van der Waals surface area contributed by atoms with Gasteiger partial charge in [0.1, 0.15) is 5.58 Å². The number of sulfonamides is 1. The highest BCUT2D eigenvalue weighted by Gasteiger charge is 2.18. The predicted molar refractivity (Wildman–Crippen MR) is 112 cm³/mol. The second-order valence-corrected chi connectivity index (χ2v) is 9.18. The van der Waals surface area contributed by atoms with Gasteiger partial charge in [-0.05, 0) is 30.7 Å². The summed E-state index contributed by atoms with van der Waals surface area (Å²) in [5.41, 5.74) is 2.36. The molecule has 0 saturated carbocycles. The van der Waals surface area contributed by atoms with Crippen LogP contribution in [-0.4, -0.2) is 19.3 Å². The number of hydrogen-bond acceptors (Lipinski definition) is 6. The van der Waals surface area contributed by atoms with Gasteiger partial charge in [-0.25, -0.2) is 18.5 Å². The molecule has 29 heavy (non-hydrogen) atoms. The number of nitrogens with one attached hydrogen (secondary N) is 1. The first-order chi connectivity index (χ1) is 13.8. The van der Waals surface area contributed by atoms with Gasteiger partial charge in [0.25, 0.3) is 5.91 Å². The Hall–Kier alpha value is -3.01. The Kier molecular flexibility index (Phi) is 4.95. The molecule has 0 unspecified atom stereocenters. The van der Waals surface area contributed by atoms with Gasteiger partial charge in [0, 0.05) is 28.4 Å². The molecular weight excluding hydrogens is 410 g/mol. The Morgan fingerprint density at radius 3 is 2.59 bits per heavy atom. The Morgan fingerprint density at radius 1 is 1.17 bits per heavy atom. The first kappa shape index (κ1) is 19.3. The van der Waals surface area contributed by atoms with Crippen molar-refractivity contribution >= 4 is 43.4 Å². The summed E-state index contributed by atoms with van der Waals surface area (Å²) < 4.78 is 28.3. The number of hydrogen-bond donors (Lipinski definition) is 2. The molecule has 0 radical (unpaired) electrons. The summed E-state index contributed by atoms with van der Waals surface area (Å²) in [5.74, 6) is -0.0846. The molecule has 4 rings (SSSR count). The fourth-order valence-corrected chi connectivity index (χ4v) is 4.35. The zero-order valence-corrected chi connectivity index (χ0v) is 17.0. The normalized spacial score (nSPS) is 11.7. The number of amides is 1. The second kappa shape index (κ2) is 7.43. The van der Waals surface area contributed by atoms with Crippen molar-refractivity contribution in [3.63, 3.8) is 0 Å². The minimum atomic E-state index is -3.71. The number of carbonyl (C=O) groups is 1. The molecule has 0 aliphatic heterocycles. The van der Waals surface area contributed by atoms with E-state index in [1.165, 1.54) is 23.5 Å². The Bertz CT molecular complexity index is 1310. The predicted octanol–water partition coefficient (Wildman–Crippen LogP) is 3.69. The summed E-state index contributed by atoms with van der Waals surface area (Å²) in [6.07, 6.45) is 2.24. The van der Waals surface area contributed by atoms with Crippen LogP contribution in [0.3, 0.4) is 0 Å². The molecule has 2 aromatic carbocycles. The fourth-order valence-electron chi connectivity index (χ4n) is 2.99. The van der Waals surface area contributed by atoms with Gasteiger partial charge in [-0.15, -0.1) is 11.3 Å². The first-order valence-corrected chi connectivity index (χ1v) is 11.0. The van der Waals surface area contributed by atoms with Crippen molar-refractivity contribution in [2.45, 2.75) is 18.2 Å². The van der Waals surface area contributed by atoms with Gasteiger partial charge in [-0.1, -0.05) is 30.3 Å². The molecule has 2 aromatic heterocycles. The molecule has 0 aliphatic carbocycles. The molecular formula is C20H17N3O4S2. The van der Waals surface area contributed by atoms with E-state index >= 15 is 0 Å². The maximum absolute atomic E-state index is 12.6. The number of nitrogens with zero attached hydrogens (tertiary/aromatic N) is 1. The van der Waals surface area contributed by atoms with Gasteiger partial charge >= 0.3 is 0 Å². The average Bonchev–Trinajstić information content (AvgIpc) is 3.26. The quantitative estimate of drug-likeness (QED) is 0.504. The Morgan fingerprint density at radius 2 is 1.90 bits per heavy atom. The summed E-state index contributed by atoms with van der Waals surface area (Å²) in [7, 11) is -3.71. The third-order valence-corrected chi connectivity index (χ3v) is 6.30. The van der Waals surface area contributed by atoms with Crippen LogP contribution >= 0.6 is 11.3 Å². The molecule has 0 spiro atoms. The summed E-state index contributed by atoms with van der Waals surface area (Å²) >= 11 is 1.35. The van der Waals surface area contributed by atoms with Crippen LogP contribution in [0.15, 0.2) is 64.0 Å². The van der Waals surface area contributed by atoms with Crippen molar-refractivity contribution < 1.29 is 17.6 Å². The molecule has 148 valence electrons. The van der Waals surface area contributed by atoms with Crippen molar-refractivity contribution in [2.75, 3.05) is 5.32 Å². The number of thiazole rings is 1. The number of carbonyl (C=O) groups excluding carboxylic acids is 1. The lowest BCUT2D eigenvalue weighted by atomic mass is 10.1. The molecule has 0 fully saturated rings. The van der Waals surface area contributed by atoms with Gasteiger partial charge < -0.3 is 4.42 Å². The number of para-hydroxylation sites is 1. The number of aryl methyl sites for hydroxylation is 1. The van der Waals surface area contributed by atoms with E-state index in [0.29, 0.717) is 17.1 Å². The number of primary sulfonamides is 1. The number of aromatic nitrogens is 1. The van der Waals surface area contributed by atoms with Crippen LogP contribution in [-0.2, 0) is 16.4 Å². The van der Waals surface area contributed by atoms with Crippen molar-refractivity contribution in [2.24, 2.45) is 5.14 Å². The van der Waals surface area contributed by atoms with Crippen LogP contribution in [0.1, 0.15) is 26.6 Å². The van der Waals surface area contributed by atoms with E-state index in [-0.39, 0.29) is 16.6 Å². The highest BCUT2D eigenvalue weighted by Crippen LogP contribution is 2.27. The highest BCUT2D eigenvalue weighted by atomic mass is 32.2. The van der Waals surface area contributed by atoms with Gasteiger partial charge in [0.05, 0.1) is 4.90 Å². The zero-order valence-electron chi connectivity index (χ0n) is 15.4. The van der Waals surface area contributed by atoms with Crippen LogP contribution in [0.5, 0.6) is 0 Å². The molecule has 4 aromatic rings. The summed E-state index contributed by atoms with van der Waals surface area (Å²) in [4.78, 5) is 17.8. The van der Waals surface area contributed by atoms with E-state index in [2.05, 4.69) is 10.3 Å². The summed E-state index contributed by atoms with van der Waals surface area (Å²) in [6.45, 7) is 1.85. The topological polar surface area (TPSA) is 115 Å². The van der Waals surface area contributed by atoms with Crippen LogP contribution in [0, 0.1) is 6.92 Å². The van der Waals surface area contributed by atoms with E-state index in [4.69, 9.17) is 9.56 Å². The smallest absolute Gasteiger partial charge is 0.293 e. The molecule has 1 amide bonds. The van der Waals surface area contributed by atoms with Gasteiger partial charge in [-0.3, -0.25) is 10.1 Å². The SMILES string of the molecule is Cc1c(C(=O)Nc2ncc(Cc3ccc(S(N)(=O)=O)cc3)s2)oc2ccccc12. The number of anilines is 1. The van der Waals surface area contributed by atoms with Gasteiger partial charge in [-0.2, -0.15) is 0 Å². The standard InChI is InChI=1S/C20H17N3O4S2/c1-12-16-4-2-3-5-17(16)27-18(12)19(24)23-20-22-11-14(28-20)10-13-6-8-15(9-7-13)29(21,25)26/h2-9,11H,10H2,1H3,(H2,21,25,26)(H,22,23,24). The molecule has 2 heterocycles. The minimum absolute atomic E-state index is 0.0692. The lowest BCUT2D eigenvalue weighted by molar-refractivity contribution is 0.0998. The lowest BCUT2D eigenvalue weighted by Gasteiger charge is -2.01. The van der Waals surface area contributed by atoms with E-state index in [0.717, 1.165) is 21.4 Å². The number of nitrogens with two attached hydrogens (primary N) is 1. The van der Waals surface area contributed by atoms with Gasteiger partial charge in [0.2, 0.25) is 10.0 Å². The average molecular weight is 428 g/mol. The monoisotopic (exact) mass is 427 g/mol. The molecule has 3 N–H and O–H groups in total.